The first-order chi connectivity index (χ1) is 14.8. The number of quaternary nitrogens is 1. The van der Waals surface area contributed by atoms with Crippen LogP contribution in [0.5, 0.6) is 0 Å². The zero-order valence-electron chi connectivity index (χ0n) is 18.2. The topological polar surface area (TPSA) is 83.0 Å². The van der Waals surface area contributed by atoms with E-state index in [0.29, 0.717) is 18.7 Å². The van der Waals surface area contributed by atoms with Gasteiger partial charge in [-0.05, 0) is 36.8 Å². The van der Waals surface area contributed by atoms with Crippen LogP contribution in [0, 0.1) is 5.82 Å². The summed E-state index contributed by atoms with van der Waals surface area (Å²) in [7, 11) is 3.50. The molecule has 1 unspecified atom stereocenters. The monoisotopic (exact) mass is 429 g/mol. The number of halogens is 1. The van der Waals surface area contributed by atoms with E-state index < -0.39 is 0 Å². The zero-order valence-corrected chi connectivity index (χ0v) is 18.2. The number of nitrogens with zero attached hydrogens (tertiary/aromatic N) is 1. The van der Waals surface area contributed by atoms with E-state index in [9.17, 15) is 18.8 Å². The molecule has 0 heterocycles. The van der Waals surface area contributed by atoms with E-state index in [1.165, 1.54) is 17.0 Å². The Balaban J connectivity index is 1.81. The number of hydrogen-bond acceptors (Lipinski definition) is 3. The second-order valence-electron chi connectivity index (χ2n) is 7.40. The molecule has 0 spiro atoms. The molecule has 2 aromatic carbocycles. The summed E-state index contributed by atoms with van der Waals surface area (Å²) in [5.74, 6) is -0.841. The summed E-state index contributed by atoms with van der Waals surface area (Å²) >= 11 is 0. The fourth-order valence-corrected chi connectivity index (χ4v) is 3.11. The zero-order chi connectivity index (χ0) is 22.8. The molecule has 0 aliphatic carbocycles. The van der Waals surface area contributed by atoms with Crippen molar-refractivity contribution in [3.63, 3.8) is 0 Å². The van der Waals surface area contributed by atoms with Crippen molar-refractivity contribution in [1.82, 2.24) is 15.5 Å². The number of amides is 3. The molecule has 0 saturated heterocycles. The first-order valence-corrected chi connectivity index (χ1v) is 10.2. The standard InChI is InChI=1S/C23H29FN4O3/c1-4-28(15-21(29)26-13-17-7-11-20(24)12-8-17)22(30)16-27(3)14-18-5-9-19(10-6-18)23(31)25-2/h5-12H,4,13-16H2,1-3H3,(H,25,31)(H,26,29)/p+1. The summed E-state index contributed by atoms with van der Waals surface area (Å²) in [6.07, 6.45) is 0. The van der Waals surface area contributed by atoms with Crippen LogP contribution < -0.4 is 15.5 Å². The van der Waals surface area contributed by atoms with Crippen LogP contribution in [0.2, 0.25) is 0 Å². The van der Waals surface area contributed by atoms with Crippen molar-refractivity contribution in [2.75, 3.05) is 33.7 Å². The maximum Gasteiger partial charge on any atom is 0.278 e. The van der Waals surface area contributed by atoms with Gasteiger partial charge in [-0.25, -0.2) is 4.39 Å². The Kier molecular flexibility index (Phi) is 9.14. The quantitative estimate of drug-likeness (QED) is 0.510. The summed E-state index contributed by atoms with van der Waals surface area (Å²) in [6.45, 7) is 3.38. The molecule has 2 aromatic rings. The molecule has 0 aromatic heterocycles. The largest absolute Gasteiger partial charge is 0.355 e. The third-order valence-electron chi connectivity index (χ3n) is 4.87. The van der Waals surface area contributed by atoms with Crippen molar-refractivity contribution < 1.29 is 23.7 Å². The van der Waals surface area contributed by atoms with Gasteiger partial charge < -0.3 is 20.4 Å². The molecule has 8 heteroatoms. The lowest BCUT2D eigenvalue weighted by Gasteiger charge is -2.22. The van der Waals surface area contributed by atoms with Gasteiger partial charge in [0.15, 0.2) is 6.54 Å². The van der Waals surface area contributed by atoms with Crippen LogP contribution in [0.4, 0.5) is 4.39 Å². The van der Waals surface area contributed by atoms with Crippen LogP contribution in [-0.4, -0.2) is 56.4 Å². The molecule has 3 amide bonds. The molecule has 0 aliphatic heterocycles. The van der Waals surface area contributed by atoms with Crippen molar-refractivity contribution in [2.24, 2.45) is 0 Å². The smallest absolute Gasteiger partial charge is 0.278 e. The summed E-state index contributed by atoms with van der Waals surface area (Å²) in [5.41, 5.74) is 2.39. The third kappa shape index (κ3) is 7.82. The first kappa shape index (κ1) is 24.0. The Hall–Kier alpha value is -3.26. The highest BCUT2D eigenvalue weighted by Crippen LogP contribution is 2.04. The minimum atomic E-state index is -0.327. The summed E-state index contributed by atoms with van der Waals surface area (Å²) in [4.78, 5) is 39.0. The van der Waals surface area contributed by atoms with Crippen LogP contribution in [0.3, 0.4) is 0 Å². The van der Waals surface area contributed by atoms with Crippen molar-refractivity contribution in [3.8, 4) is 0 Å². The van der Waals surface area contributed by atoms with Gasteiger partial charge in [-0.15, -0.1) is 0 Å². The minimum Gasteiger partial charge on any atom is -0.355 e. The van der Waals surface area contributed by atoms with E-state index in [-0.39, 0.29) is 43.2 Å². The van der Waals surface area contributed by atoms with Gasteiger partial charge in [-0.1, -0.05) is 24.3 Å². The van der Waals surface area contributed by atoms with Crippen molar-refractivity contribution in [2.45, 2.75) is 20.0 Å². The summed E-state index contributed by atoms with van der Waals surface area (Å²) in [5, 5.41) is 5.34. The van der Waals surface area contributed by atoms with Crippen LogP contribution in [0.1, 0.15) is 28.4 Å². The van der Waals surface area contributed by atoms with Gasteiger partial charge in [-0.2, -0.15) is 0 Å². The fraction of sp³-hybridized carbons (Fsp3) is 0.348. The van der Waals surface area contributed by atoms with E-state index in [4.69, 9.17) is 0 Å². The van der Waals surface area contributed by atoms with E-state index in [1.54, 1.807) is 31.3 Å². The molecular formula is C23H30FN4O3+. The van der Waals surface area contributed by atoms with Crippen molar-refractivity contribution >= 4 is 17.7 Å². The molecule has 0 bridgehead atoms. The summed E-state index contributed by atoms with van der Waals surface area (Å²) < 4.78 is 12.9. The van der Waals surface area contributed by atoms with Crippen LogP contribution in [0.15, 0.2) is 48.5 Å². The van der Waals surface area contributed by atoms with Gasteiger partial charge in [0, 0.05) is 31.3 Å². The van der Waals surface area contributed by atoms with Gasteiger partial charge in [-0.3, -0.25) is 14.4 Å². The molecule has 0 aliphatic rings. The normalized spacial score (nSPS) is 11.5. The number of nitrogens with one attached hydrogen (secondary N) is 3. The second-order valence-corrected chi connectivity index (χ2v) is 7.40. The molecular weight excluding hydrogens is 399 g/mol. The van der Waals surface area contributed by atoms with Gasteiger partial charge >= 0.3 is 0 Å². The summed E-state index contributed by atoms with van der Waals surface area (Å²) in [6, 6.07) is 13.2. The maximum absolute atomic E-state index is 12.9. The Morgan fingerprint density at radius 1 is 1.00 bits per heavy atom. The molecule has 0 fully saturated rings. The molecule has 166 valence electrons. The Morgan fingerprint density at radius 3 is 2.19 bits per heavy atom. The lowest BCUT2D eigenvalue weighted by atomic mass is 10.1. The molecule has 31 heavy (non-hydrogen) atoms. The van der Waals surface area contributed by atoms with E-state index in [0.717, 1.165) is 16.0 Å². The average molecular weight is 430 g/mol. The number of benzene rings is 2. The molecule has 1 atom stereocenters. The lowest BCUT2D eigenvalue weighted by Crippen LogP contribution is -3.08. The maximum atomic E-state index is 12.9. The van der Waals surface area contributed by atoms with E-state index in [1.807, 2.05) is 26.1 Å². The highest BCUT2D eigenvalue weighted by atomic mass is 19.1. The molecule has 0 saturated carbocycles. The number of likely N-dealkylation sites (N-methyl/N-ethyl adjacent to an activating group) is 2. The fourth-order valence-electron chi connectivity index (χ4n) is 3.11. The number of carbonyl (C=O) groups is 3. The Labute approximate surface area is 182 Å². The molecule has 0 radical (unpaired) electrons. The highest BCUT2D eigenvalue weighted by molar-refractivity contribution is 5.93. The highest BCUT2D eigenvalue weighted by Gasteiger charge is 2.19. The van der Waals surface area contributed by atoms with Crippen LogP contribution in [-0.2, 0) is 22.7 Å². The van der Waals surface area contributed by atoms with E-state index >= 15 is 0 Å². The predicted octanol–water partition coefficient (Wildman–Crippen LogP) is 0.365. The van der Waals surface area contributed by atoms with Gasteiger partial charge in [0.2, 0.25) is 5.91 Å². The SMILES string of the molecule is CCN(CC(=O)NCc1ccc(F)cc1)C(=O)C[NH+](C)Cc1ccc(C(=O)NC)cc1. The molecule has 2 rings (SSSR count). The van der Waals surface area contributed by atoms with Gasteiger partial charge in [0.1, 0.15) is 12.4 Å². The van der Waals surface area contributed by atoms with Crippen LogP contribution >= 0.6 is 0 Å². The number of rotatable bonds is 10. The van der Waals surface area contributed by atoms with Gasteiger partial charge in [0.05, 0.1) is 13.6 Å². The predicted molar refractivity (Wildman–Crippen MR) is 116 cm³/mol. The lowest BCUT2D eigenvalue weighted by molar-refractivity contribution is -0.885. The first-order valence-electron chi connectivity index (χ1n) is 10.2. The van der Waals surface area contributed by atoms with E-state index in [2.05, 4.69) is 10.6 Å². The molecule has 3 N–H and O–H groups in total. The number of carbonyl (C=O) groups excluding carboxylic acids is 3. The second kappa shape index (κ2) is 11.8. The number of hydrogen-bond donors (Lipinski definition) is 3. The molecule has 7 nitrogen and oxygen atoms in total. The minimum absolute atomic E-state index is 0.0232. The van der Waals surface area contributed by atoms with Crippen molar-refractivity contribution in [1.29, 1.82) is 0 Å². The average Bonchev–Trinajstić information content (AvgIpc) is 2.76. The van der Waals surface area contributed by atoms with Crippen molar-refractivity contribution in [3.05, 3.63) is 71.0 Å². The Bertz CT molecular complexity index is 885. The van der Waals surface area contributed by atoms with Gasteiger partial charge in [0.25, 0.3) is 11.8 Å². The van der Waals surface area contributed by atoms with Crippen LogP contribution in [0.25, 0.3) is 0 Å². The third-order valence-corrected chi connectivity index (χ3v) is 4.87. The Morgan fingerprint density at radius 2 is 1.61 bits per heavy atom.